The summed E-state index contributed by atoms with van der Waals surface area (Å²) in [5.41, 5.74) is 0. The fraction of sp³-hybridized carbons (Fsp3) is 0.727. The molecule has 0 radical (unpaired) electrons. The van der Waals surface area contributed by atoms with Crippen molar-refractivity contribution in [1.29, 1.82) is 0 Å². The van der Waals surface area contributed by atoms with Gasteiger partial charge in [-0.25, -0.2) is 19.7 Å². The number of halogens is 1. The van der Waals surface area contributed by atoms with Gasteiger partial charge in [0.25, 0.3) is 0 Å². The van der Waals surface area contributed by atoms with E-state index >= 15 is 0 Å². The molecular formula is C11H21BrN5O4P. The molecule has 0 spiro atoms. The molecule has 126 valence electrons. The van der Waals surface area contributed by atoms with Gasteiger partial charge in [-0.3, -0.25) is 9.09 Å². The lowest BCUT2D eigenvalue weighted by atomic mass is 10.4. The average molecular weight is 398 g/mol. The van der Waals surface area contributed by atoms with Crippen LogP contribution in [0, 0.1) is 10.1 Å². The van der Waals surface area contributed by atoms with Crippen LogP contribution in [0.5, 0.6) is 0 Å². The van der Waals surface area contributed by atoms with E-state index in [9.17, 15) is 14.7 Å². The molecule has 1 aromatic heterocycles. The normalized spacial score (nSPS) is 15.5. The maximum absolute atomic E-state index is 12.7. The lowest BCUT2D eigenvalue weighted by Crippen LogP contribution is -2.27. The molecule has 0 bridgehead atoms. The Balaban J connectivity index is 2.88. The molecule has 2 unspecified atom stereocenters. The van der Waals surface area contributed by atoms with Crippen LogP contribution in [0.3, 0.4) is 0 Å². The molecule has 9 nitrogen and oxygen atoms in total. The lowest BCUT2D eigenvalue weighted by Gasteiger charge is -2.22. The van der Waals surface area contributed by atoms with Crippen LogP contribution in [0.1, 0.15) is 32.2 Å². The summed E-state index contributed by atoms with van der Waals surface area (Å²) in [6.45, 7) is 4.59. The van der Waals surface area contributed by atoms with E-state index in [2.05, 4.69) is 31.1 Å². The second-order valence-electron chi connectivity index (χ2n) is 4.60. The number of nitro groups is 1. The molecule has 1 heterocycles. The van der Waals surface area contributed by atoms with E-state index in [-0.39, 0.29) is 5.82 Å². The minimum Gasteiger partial charge on any atom is -0.358 e. The van der Waals surface area contributed by atoms with Gasteiger partial charge in [0.1, 0.15) is 12.3 Å². The van der Waals surface area contributed by atoms with Gasteiger partial charge in [-0.15, -0.1) is 0 Å². The Bertz CT molecular complexity index is 541. The molecule has 1 rings (SSSR count). The summed E-state index contributed by atoms with van der Waals surface area (Å²) < 4.78 is 19.7. The van der Waals surface area contributed by atoms with Crippen LogP contribution in [0.4, 0.5) is 5.82 Å². The number of rotatable bonds is 10. The molecule has 0 fully saturated rings. The van der Waals surface area contributed by atoms with E-state index in [0.29, 0.717) is 24.2 Å². The van der Waals surface area contributed by atoms with Gasteiger partial charge in [0, 0.05) is 18.4 Å². The number of imidazole rings is 1. The summed E-state index contributed by atoms with van der Waals surface area (Å²) in [7, 11) is -1.74. The summed E-state index contributed by atoms with van der Waals surface area (Å²) in [5, 5.41) is 17.2. The van der Waals surface area contributed by atoms with Gasteiger partial charge in [0.2, 0.25) is 5.82 Å². The molecule has 11 heteroatoms. The molecule has 1 aromatic rings. The van der Waals surface area contributed by atoms with E-state index in [0.717, 1.165) is 12.6 Å². The number of hydrogen-bond acceptors (Lipinski definition) is 5. The lowest BCUT2D eigenvalue weighted by molar-refractivity contribution is -0.391. The van der Waals surface area contributed by atoms with E-state index in [1.165, 1.54) is 11.6 Å². The van der Waals surface area contributed by atoms with Gasteiger partial charge in [0.15, 0.2) is 0 Å². The highest BCUT2D eigenvalue weighted by Crippen LogP contribution is 2.42. The third kappa shape index (κ3) is 5.13. The standard InChI is InChI=1S/C11H21BrN5O4P/c1-4-6-14-22(20,15-7-5-12)21-9(2)11-13-8-10(16(11)3)17(18)19/h8-9H,4-7H2,1-3H3,(H2,14,15,20). The molecule has 0 saturated carbocycles. The maximum Gasteiger partial charge on any atom is 0.342 e. The topological polar surface area (TPSA) is 111 Å². The van der Waals surface area contributed by atoms with Gasteiger partial charge in [-0.05, 0) is 18.3 Å². The van der Waals surface area contributed by atoms with Crippen molar-refractivity contribution in [2.24, 2.45) is 7.05 Å². The molecule has 2 atom stereocenters. The van der Waals surface area contributed by atoms with Crippen LogP contribution in [0.2, 0.25) is 0 Å². The highest BCUT2D eigenvalue weighted by atomic mass is 79.9. The Morgan fingerprint density at radius 3 is 2.68 bits per heavy atom. The van der Waals surface area contributed by atoms with Crippen molar-refractivity contribution in [2.45, 2.75) is 26.4 Å². The van der Waals surface area contributed by atoms with Gasteiger partial charge < -0.3 is 10.1 Å². The Morgan fingerprint density at radius 1 is 1.55 bits per heavy atom. The first kappa shape index (κ1) is 19.2. The fourth-order valence-electron chi connectivity index (χ4n) is 1.81. The number of nitrogens with zero attached hydrogens (tertiary/aromatic N) is 3. The van der Waals surface area contributed by atoms with Crippen molar-refractivity contribution in [3.63, 3.8) is 0 Å². The molecule has 0 saturated heterocycles. The second-order valence-corrected chi connectivity index (χ2v) is 7.33. The summed E-state index contributed by atoms with van der Waals surface area (Å²) in [6, 6.07) is 0. The Hall–Kier alpha value is -0.800. The van der Waals surface area contributed by atoms with Crippen molar-refractivity contribution in [2.75, 3.05) is 18.4 Å². The third-order valence-corrected chi connectivity index (χ3v) is 5.13. The monoisotopic (exact) mass is 397 g/mol. The molecular weight excluding hydrogens is 377 g/mol. The van der Waals surface area contributed by atoms with Crippen molar-refractivity contribution >= 4 is 29.4 Å². The zero-order valence-corrected chi connectivity index (χ0v) is 15.3. The predicted molar refractivity (Wildman–Crippen MR) is 87.1 cm³/mol. The summed E-state index contributed by atoms with van der Waals surface area (Å²) >= 11 is 3.25. The maximum atomic E-state index is 12.7. The summed E-state index contributed by atoms with van der Waals surface area (Å²) in [6.07, 6.45) is 1.29. The largest absolute Gasteiger partial charge is 0.358 e. The highest BCUT2D eigenvalue weighted by molar-refractivity contribution is 9.09. The van der Waals surface area contributed by atoms with E-state index < -0.39 is 18.7 Å². The molecule has 0 aromatic carbocycles. The predicted octanol–water partition coefficient (Wildman–Crippen LogP) is 2.50. The molecule has 0 aliphatic carbocycles. The Morgan fingerprint density at radius 2 is 2.18 bits per heavy atom. The van der Waals surface area contributed by atoms with Gasteiger partial charge in [-0.1, -0.05) is 22.9 Å². The number of hydrogen-bond donors (Lipinski definition) is 2. The first-order chi connectivity index (χ1) is 10.3. The first-order valence-electron chi connectivity index (χ1n) is 6.85. The average Bonchev–Trinajstić information content (AvgIpc) is 2.85. The molecule has 0 amide bonds. The molecule has 2 N–H and O–H groups in total. The Labute approximate surface area is 137 Å². The number of aromatic nitrogens is 2. The van der Waals surface area contributed by atoms with Crippen LogP contribution in [-0.2, 0) is 16.1 Å². The van der Waals surface area contributed by atoms with Crippen molar-refractivity contribution in [3.8, 4) is 0 Å². The number of nitrogens with one attached hydrogen (secondary N) is 2. The van der Waals surface area contributed by atoms with Gasteiger partial charge in [0.05, 0.1) is 7.05 Å². The number of alkyl halides is 1. The van der Waals surface area contributed by atoms with Crippen molar-refractivity contribution < 1.29 is 14.0 Å². The van der Waals surface area contributed by atoms with Crippen molar-refractivity contribution in [1.82, 2.24) is 19.7 Å². The molecule has 0 aliphatic rings. The van der Waals surface area contributed by atoms with Crippen LogP contribution < -0.4 is 10.2 Å². The SMILES string of the molecule is CCCNP(=O)(NCCBr)OC(C)c1ncc([N+](=O)[O-])n1C. The van der Waals surface area contributed by atoms with E-state index in [1.54, 1.807) is 6.92 Å². The van der Waals surface area contributed by atoms with E-state index in [1.807, 2.05) is 6.92 Å². The third-order valence-electron chi connectivity index (χ3n) is 2.84. The van der Waals surface area contributed by atoms with Crippen LogP contribution in [0.25, 0.3) is 0 Å². The minimum atomic E-state index is -3.26. The highest BCUT2D eigenvalue weighted by Gasteiger charge is 2.30. The summed E-state index contributed by atoms with van der Waals surface area (Å²) in [4.78, 5) is 14.3. The zero-order chi connectivity index (χ0) is 16.8. The fourth-order valence-corrected chi connectivity index (χ4v) is 4.04. The minimum absolute atomic E-state index is 0.143. The second kappa shape index (κ2) is 8.73. The molecule has 22 heavy (non-hydrogen) atoms. The van der Waals surface area contributed by atoms with E-state index in [4.69, 9.17) is 4.52 Å². The van der Waals surface area contributed by atoms with Crippen molar-refractivity contribution in [3.05, 3.63) is 22.1 Å². The van der Waals surface area contributed by atoms with Crippen LogP contribution in [0.15, 0.2) is 6.20 Å². The Kier molecular flexibility index (Phi) is 7.64. The molecule has 0 aliphatic heterocycles. The van der Waals surface area contributed by atoms with Gasteiger partial charge in [-0.2, -0.15) is 0 Å². The van der Waals surface area contributed by atoms with Gasteiger partial charge >= 0.3 is 13.5 Å². The van der Waals surface area contributed by atoms with Crippen LogP contribution in [-0.4, -0.2) is 32.9 Å². The quantitative estimate of drug-likeness (QED) is 0.270. The summed E-state index contributed by atoms with van der Waals surface area (Å²) in [5.74, 6) is 0.195. The van der Waals surface area contributed by atoms with Crippen LogP contribution >= 0.6 is 23.6 Å². The zero-order valence-electron chi connectivity index (χ0n) is 12.8. The smallest absolute Gasteiger partial charge is 0.342 e. The first-order valence-corrected chi connectivity index (χ1v) is 9.60.